The third-order valence-electron chi connectivity index (χ3n) is 4.49. The predicted molar refractivity (Wildman–Crippen MR) is 147 cm³/mol. The third kappa shape index (κ3) is 16.9. The van der Waals surface area contributed by atoms with Crippen molar-refractivity contribution in [2.75, 3.05) is 35.5 Å². The molecule has 1 unspecified atom stereocenters. The number of esters is 5. The molecule has 0 saturated carbocycles. The fourth-order valence-electron chi connectivity index (χ4n) is 2.01. The lowest BCUT2D eigenvalue weighted by atomic mass is 9.80. The van der Waals surface area contributed by atoms with Crippen LogP contribution in [-0.4, -0.2) is 77.1 Å². The van der Waals surface area contributed by atoms with Crippen molar-refractivity contribution in [2.24, 2.45) is 5.41 Å². The second-order valence-corrected chi connectivity index (χ2v) is 6.90. The van der Waals surface area contributed by atoms with Gasteiger partial charge in [0.2, 0.25) is 0 Å². The smallest absolute Gasteiger partial charge is 0.347 e. The highest BCUT2D eigenvalue weighted by molar-refractivity contribution is 6.00. The molecule has 226 valence electrons. The van der Waals surface area contributed by atoms with Crippen LogP contribution >= 0.6 is 0 Å². The van der Waals surface area contributed by atoms with Crippen LogP contribution in [0.2, 0.25) is 0 Å². The van der Waals surface area contributed by atoms with Crippen LogP contribution in [-0.2, 0) is 47.7 Å². The van der Waals surface area contributed by atoms with Crippen LogP contribution in [0.15, 0.2) is 35.5 Å². The minimum Gasteiger partial charge on any atom is -0.763 e. The molecule has 0 fully saturated rings. The van der Waals surface area contributed by atoms with Crippen LogP contribution in [0.3, 0.4) is 0 Å². The van der Waals surface area contributed by atoms with Crippen LogP contribution in [0.5, 0.6) is 0 Å². The number of ether oxygens (including phenoxy) is 5. The SMILES string of the molecule is C=C(C#N)C(=O)OC.C=C(C#N)C(=O)OC.CCC(=C=[N-])C(=O)OC.CCC(C#N)(CC(=C=[N-])C(=O)OC)C(=O)OC. The molecule has 0 N–H and O–H groups in total. The van der Waals surface area contributed by atoms with Gasteiger partial charge in [0.05, 0.1) is 52.8 Å². The van der Waals surface area contributed by atoms with Crippen LogP contribution in [0, 0.1) is 39.4 Å². The maximum atomic E-state index is 11.5. The van der Waals surface area contributed by atoms with Gasteiger partial charge in [-0.15, -0.1) is 0 Å². The molecular formula is C27H31N5O10-2. The number of carbonyl (C=O) groups is 5. The first-order valence-corrected chi connectivity index (χ1v) is 11.2. The summed E-state index contributed by atoms with van der Waals surface area (Å²) in [6.07, 6.45) is 0.261. The second-order valence-electron chi connectivity index (χ2n) is 6.90. The number of rotatable bonds is 9. The van der Waals surface area contributed by atoms with Gasteiger partial charge in [-0.2, -0.15) is 15.8 Å². The Morgan fingerprint density at radius 3 is 1.19 bits per heavy atom. The van der Waals surface area contributed by atoms with Gasteiger partial charge in [0.25, 0.3) is 0 Å². The van der Waals surface area contributed by atoms with Gasteiger partial charge in [-0.05, 0) is 12.8 Å². The Hall–Kier alpha value is -5.80. The van der Waals surface area contributed by atoms with E-state index in [1.807, 2.05) is 0 Å². The summed E-state index contributed by atoms with van der Waals surface area (Å²) in [6, 6.07) is 4.90. The minimum atomic E-state index is -1.52. The molecule has 0 aliphatic heterocycles. The van der Waals surface area contributed by atoms with Crippen LogP contribution in [0.1, 0.15) is 33.1 Å². The zero-order chi connectivity index (χ0) is 33.9. The van der Waals surface area contributed by atoms with Gasteiger partial charge in [0.1, 0.15) is 23.3 Å². The zero-order valence-corrected chi connectivity index (χ0v) is 24.4. The quantitative estimate of drug-likeness (QED) is 0.124. The van der Waals surface area contributed by atoms with E-state index in [4.69, 9.17) is 26.6 Å². The van der Waals surface area contributed by atoms with E-state index in [2.05, 4.69) is 36.8 Å². The van der Waals surface area contributed by atoms with Gasteiger partial charge < -0.3 is 34.5 Å². The molecule has 0 bridgehead atoms. The molecule has 0 heterocycles. The lowest BCUT2D eigenvalue weighted by Crippen LogP contribution is -2.32. The van der Waals surface area contributed by atoms with Crippen molar-refractivity contribution in [3.8, 4) is 18.2 Å². The van der Waals surface area contributed by atoms with Crippen molar-refractivity contribution in [2.45, 2.75) is 33.1 Å². The Labute approximate surface area is 243 Å². The van der Waals surface area contributed by atoms with E-state index in [1.54, 1.807) is 43.8 Å². The number of hydrogen-bond donors (Lipinski definition) is 0. The Morgan fingerprint density at radius 1 is 0.667 bits per heavy atom. The summed E-state index contributed by atoms with van der Waals surface area (Å²) < 4.78 is 21.5. The van der Waals surface area contributed by atoms with Gasteiger partial charge in [-0.1, -0.05) is 27.0 Å². The standard InChI is InChI=1S/C11H13N2O4.C6H8NO2.2C5H5NO2/c1-4-11(7-13,10(15)17-3)5-8(6-12)9(14)16-2;1-3-5(4-7)6(8)9-2;2*1-4(3-6)5(7)8-2/h4-5H2,1-3H3;3H2,1-2H3;2*1H2,2H3/q2*-1;;. The van der Waals surface area contributed by atoms with Crippen LogP contribution in [0.4, 0.5) is 0 Å². The summed E-state index contributed by atoms with van der Waals surface area (Å²) in [5.41, 5.74) is -1.98. The molecule has 42 heavy (non-hydrogen) atoms. The molecule has 0 amide bonds. The number of nitrogens with zero attached hydrogens (tertiary/aromatic N) is 5. The predicted octanol–water partition coefficient (Wildman–Crippen LogP) is 2.02. The van der Waals surface area contributed by atoms with Crippen molar-refractivity contribution in [3.05, 3.63) is 46.3 Å². The summed E-state index contributed by atoms with van der Waals surface area (Å²) >= 11 is 0. The van der Waals surface area contributed by atoms with Crippen LogP contribution < -0.4 is 0 Å². The van der Waals surface area contributed by atoms with Crippen molar-refractivity contribution >= 4 is 41.6 Å². The third-order valence-corrected chi connectivity index (χ3v) is 4.49. The Kier molecular flexibility index (Phi) is 26.2. The number of nitriles is 3. The van der Waals surface area contributed by atoms with Crippen LogP contribution in [0.25, 0.3) is 10.8 Å². The Morgan fingerprint density at radius 2 is 1.02 bits per heavy atom. The normalized spacial score (nSPS) is 9.43. The molecule has 15 nitrogen and oxygen atoms in total. The van der Waals surface area contributed by atoms with Crippen molar-refractivity contribution < 1.29 is 47.7 Å². The second kappa shape index (κ2) is 25.5. The summed E-state index contributed by atoms with van der Waals surface area (Å²) in [5.74, 6) is -0.0994. The average molecular weight is 586 g/mol. The molecule has 0 aliphatic carbocycles. The summed E-state index contributed by atoms with van der Waals surface area (Å²) in [4.78, 5) is 53.6. The first kappa shape index (κ1) is 43.3. The van der Waals surface area contributed by atoms with Gasteiger partial charge in [0.15, 0.2) is 5.41 Å². The molecule has 0 aromatic rings. The lowest BCUT2D eigenvalue weighted by molar-refractivity contribution is -0.149. The van der Waals surface area contributed by atoms with Crippen molar-refractivity contribution in [1.29, 1.82) is 15.8 Å². The highest BCUT2D eigenvalue weighted by Crippen LogP contribution is 2.30. The largest absolute Gasteiger partial charge is 0.763 e. The fraction of sp³-hybridized carbons (Fsp3) is 0.407. The van der Waals surface area contributed by atoms with E-state index in [1.165, 1.54) is 21.3 Å². The van der Waals surface area contributed by atoms with Gasteiger partial charge in [-0.25, -0.2) is 19.2 Å². The maximum Gasteiger partial charge on any atom is 0.347 e. The summed E-state index contributed by atoms with van der Waals surface area (Å²) in [5, 5.41) is 42.0. The molecule has 0 radical (unpaired) electrons. The number of methoxy groups -OCH3 is 5. The molecule has 1 atom stereocenters. The molecule has 15 heteroatoms. The summed E-state index contributed by atoms with van der Waals surface area (Å²) in [7, 11) is 5.93. The molecule has 0 rings (SSSR count). The fourth-order valence-corrected chi connectivity index (χ4v) is 2.01. The lowest BCUT2D eigenvalue weighted by Gasteiger charge is -2.22. The first-order valence-electron chi connectivity index (χ1n) is 11.2. The molecule has 0 saturated heterocycles. The van der Waals surface area contributed by atoms with E-state index in [9.17, 15) is 24.0 Å². The molecule has 0 aromatic carbocycles. The van der Waals surface area contributed by atoms with Gasteiger partial charge in [0, 0.05) is 6.42 Å². The van der Waals surface area contributed by atoms with E-state index in [0.717, 1.165) is 14.2 Å². The first-order chi connectivity index (χ1) is 19.7. The molecule has 0 aliphatic rings. The molecule has 0 spiro atoms. The zero-order valence-electron chi connectivity index (χ0n) is 24.4. The topological polar surface area (TPSA) is 247 Å². The summed E-state index contributed by atoms with van der Waals surface area (Å²) in [6.45, 7) is 9.55. The van der Waals surface area contributed by atoms with Crippen molar-refractivity contribution in [3.63, 3.8) is 0 Å². The van der Waals surface area contributed by atoms with E-state index in [-0.39, 0.29) is 35.1 Å². The highest BCUT2D eigenvalue weighted by Gasteiger charge is 2.40. The van der Waals surface area contributed by atoms with E-state index < -0.39 is 35.3 Å². The Balaban J connectivity index is -0.000000246. The number of hydrogen-bond acceptors (Lipinski definition) is 13. The highest BCUT2D eigenvalue weighted by atomic mass is 16.5. The maximum absolute atomic E-state index is 11.5. The van der Waals surface area contributed by atoms with Gasteiger partial charge in [-0.3, -0.25) is 16.5 Å². The van der Waals surface area contributed by atoms with E-state index >= 15 is 0 Å². The van der Waals surface area contributed by atoms with Gasteiger partial charge >= 0.3 is 29.8 Å². The average Bonchev–Trinajstić information content (AvgIpc) is 3.04. The minimum absolute atomic E-state index is 0.137. The number of carbonyl (C=O) groups excluding carboxylic acids is 5. The Bertz CT molecular complexity index is 1200. The van der Waals surface area contributed by atoms with E-state index in [0.29, 0.717) is 6.42 Å². The molecular weight excluding hydrogens is 554 g/mol. The van der Waals surface area contributed by atoms with Crippen molar-refractivity contribution in [1.82, 2.24) is 0 Å². The monoisotopic (exact) mass is 585 g/mol. The molecule has 0 aromatic heterocycles.